The van der Waals surface area contributed by atoms with Gasteiger partial charge in [-0.25, -0.2) is 9.59 Å². The summed E-state index contributed by atoms with van der Waals surface area (Å²) in [6, 6.07) is 6.66. The molecule has 1 aliphatic rings. The van der Waals surface area contributed by atoms with Crippen LogP contribution < -0.4 is 16.0 Å². The molecule has 0 spiro atoms. The number of hydrogen-bond donors (Lipinski definition) is 3. The van der Waals surface area contributed by atoms with E-state index in [9.17, 15) is 9.59 Å². The van der Waals surface area contributed by atoms with E-state index in [0.29, 0.717) is 36.1 Å². The number of carbonyl (C=O) groups is 2. The van der Waals surface area contributed by atoms with Gasteiger partial charge in [0.15, 0.2) is 5.11 Å². The molecular formula is C21H30N4O3S. The first-order chi connectivity index (χ1) is 13.8. The first kappa shape index (κ1) is 22.7. The fourth-order valence-electron chi connectivity index (χ4n) is 3.09. The van der Waals surface area contributed by atoms with Crippen molar-refractivity contribution >= 4 is 35.0 Å². The van der Waals surface area contributed by atoms with E-state index >= 15 is 0 Å². The molecule has 0 unspecified atom stereocenters. The number of anilines is 1. The van der Waals surface area contributed by atoms with Crippen LogP contribution in [0.15, 0.2) is 35.5 Å². The van der Waals surface area contributed by atoms with Crippen LogP contribution in [0.5, 0.6) is 0 Å². The molecule has 2 amide bonds. The molecule has 29 heavy (non-hydrogen) atoms. The highest BCUT2D eigenvalue weighted by molar-refractivity contribution is 7.80. The minimum Gasteiger partial charge on any atom is -0.462 e. The quantitative estimate of drug-likeness (QED) is 0.464. The topological polar surface area (TPSA) is 82.7 Å². The molecule has 3 N–H and O–H groups in total. The lowest BCUT2D eigenvalue weighted by Gasteiger charge is -2.37. The molecule has 8 heteroatoms. The molecule has 1 aliphatic heterocycles. The number of carbonyl (C=O) groups excluding carboxylic acids is 2. The van der Waals surface area contributed by atoms with Crippen LogP contribution in [-0.2, 0) is 9.53 Å². The number of amides is 2. The summed E-state index contributed by atoms with van der Waals surface area (Å²) in [5.41, 5.74) is 2.86. The maximum absolute atomic E-state index is 12.9. The minimum absolute atomic E-state index is 0.248. The molecule has 0 saturated carbocycles. The molecule has 1 heterocycles. The van der Waals surface area contributed by atoms with E-state index in [1.54, 1.807) is 12.1 Å². The van der Waals surface area contributed by atoms with Crippen molar-refractivity contribution in [3.8, 4) is 0 Å². The van der Waals surface area contributed by atoms with Gasteiger partial charge in [0, 0.05) is 24.5 Å². The van der Waals surface area contributed by atoms with Crippen molar-refractivity contribution in [2.45, 2.75) is 40.7 Å². The van der Waals surface area contributed by atoms with E-state index in [4.69, 9.17) is 17.0 Å². The monoisotopic (exact) mass is 418 g/mol. The van der Waals surface area contributed by atoms with Gasteiger partial charge in [-0.15, -0.1) is 0 Å². The van der Waals surface area contributed by atoms with Crippen molar-refractivity contribution in [2.24, 2.45) is 5.92 Å². The van der Waals surface area contributed by atoms with Crippen LogP contribution in [0.4, 0.5) is 10.5 Å². The lowest BCUT2D eigenvalue weighted by atomic mass is 9.95. The molecule has 0 bridgehead atoms. The van der Waals surface area contributed by atoms with Gasteiger partial charge in [0.25, 0.3) is 0 Å². The van der Waals surface area contributed by atoms with E-state index in [0.717, 1.165) is 11.3 Å². The van der Waals surface area contributed by atoms with Gasteiger partial charge >= 0.3 is 12.0 Å². The van der Waals surface area contributed by atoms with E-state index in [2.05, 4.69) is 16.0 Å². The lowest BCUT2D eigenvalue weighted by molar-refractivity contribution is -0.140. The number of allylic oxidation sites excluding steroid dienone is 1. The summed E-state index contributed by atoms with van der Waals surface area (Å²) in [4.78, 5) is 26.5. The van der Waals surface area contributed by atoms with Gasteiger partial charge in [0.2, 0.25) is 0 Å². The third-order valence-corrected chi connectivity index (χ3v) is 4.86. The molecule has 0 radical (unpaired) electrons. The van der Waals surface area contributed by atoms with Gasteiger partial charge in [0.1, 0.15) is 0 Å². The number of benzene rings is 1. The summed E-state index contributed by atoms with van der Waals surface area (Å²) in [7, 11) is 0. The molecule has 1 aromatic carbocycles. The predicted octanol–water partition coefficient (Wildman–Crippen LogP) is 3.55. The smallest absolute Gasteiger partial charge is 0.338 e. The van der Waals surface area contributed by atoms with E-state index in [1.807, 2.05) is 51.7 Å². The number of nitrogens with zero attached hydrogens (tertiary/aromatic N) is 1. The highest BCUT2D eigenvalue weighted by atomic mass is 32.1. The SMILES string of the molecule is CCNC(=O)Nc1ccc([C@@H]2NC(=S)N(CC)C(C)=C2C(=O)OCC(C)C)cc1. The van der Waals surface area contributed by atoms with Gasteiger partial charge in [-0.3, -0.25) is 0 Å². The number of urea groups is 1. The zero-order valence-electron chi connectivity index (χ0n) is 17.7. The molecule has 0 fully saturated rings. The maximum atomic E-state index is 12.9. The molecule has 0 aliphatic carbocycles. The molecular weight excluding hydrogens is 388 g/mol. The second-order valence-corrected chi connectivity index (χ2v) is 7.61. The Morgan fingerprint density at radius 3 is 2.45 bits per heavy atom. The standard InChI is InChI=1S/C21H30N4O3S/c1-6-22-20(27)23-16-10-8-15(9-11-16)18-17(19(26)28-12-13(3)4)14(5)25(7-2)21(29)24-18/h8-11,13,18H,6-7,12H2,1-5H3,(H,24,29)(H2,22,23,27)/t18-/m0/s1. The number of nitrogens with one attached hydrogen (secondary N) is 3. The molecule has 2 rings (SSSR count). The lowest BCUT2D eigenvalue weighted by Crippen LogP contribution is -2.47. The predicted molar refractivity (Wildman–Crippen MR) is 118 cm³/mol. The van der Waals surface area contributed by atoms with E-state index < -0.39 is 6.04 Å². The average Bonchev–Trinajstić information content (AvgIpc) is 2.66. The van der Waals surface area contributed by atoms with Crippen molar-refractivity contribution in [1.29, 1.82) is 0 Å². The molecule has 0 saturated heterocycles. The van der Waals surface area contributed by atoms with Gasteiger partial charge in [0.05, 0.1) is 18.2 Å². The third kappa shape index (κ3) is 5.69. The third-order valence-electron chi connectivity index (χ3n) is 4.52. The fraction of sp³-hybridized carbons (Fsp3) is 0.476. The van der Waals surface area contributed by atoms with Crippen LogP contribution >= 0.6 is 12.2 Å². The Labute approximate surface area is 177 Å². The van der Waals surface area contributed by atoms with Crippen LogP contribution in [0.2, 0.25) is 0 Å². The normalized spacial score (nSPS) is 16.6. The fourth-order valence-corrected chi connectivity index (χ4v) is 3.48. The highest BCUT2D eigenvalue weighted by Gasteiger charge is 2.34. The second kappa shape index (κ2) is 10.2. The Morgan fingerprint density at radius 1 is 1.24 bits per heavy atom. The van der Waals surface area contributed by atoms with Gasteiger partial charge in [-0.05, 0) is 56.6 Å². The summed E-state index contributed by atoms with van der Waals surface area (Å²) in [6.07, 6.45) is 0. The zero-order chi connectivity index (χ0) is 21.6. The summed E-state index contributed by atoms with van der Waals surface area (Å²) in [6.45, 7) is 11.3. The number of thiocarbonyl (C=S) groups is 1. The van der Waals surface area contributed by atoms with Crippen LogP contribution in [0.3, 0.4) is 0 Å². The van der Waals surface area contributed by atoms with Crippen molar-refractivity contribution in [2.75, 3.05) is 25.0 Å². The number of esters is 1. The van der Waals surface area contributed by atoms with E-state index in [-0.39, 0.29) is 17.9 Å². The van der Waals surface area contributed by atoms with E-state index in [1.165, 1.54) is 0 Å². The first-order valence-corrected chi connectivity index (χ1v) is 10.3. The average molecular weight is 419 g/mol. The number of rotatable bonds is 7. The summed E-state index contributed by atoms with van der Waals surface area (Å²) >= 11 is 5.50. The molecule has 7 nitrogen and oxygen atoms in total. The Balaban J connectivity index is 2.32. The van der Waals surface area contributed by atoms with Crippen LogP contribution in [-0.4, -0.2) is 41.7 Å². The number of ether oxygens (including phenoxy) is 1. The summed E-state index contributed by atoms with van der Waals surface area (Å²) < 4.78 is 5.52. The second-order valence-electron chi connectivity index (χ2n) is 7.22. The van der Waals surface area contributed by atoms with Crippen molar-refractivity contribution in [3.05, 3.63) is 41.1 Å². The van der Waals surface area contributed by atoms with Gasteiger partial charge in [-0.1, -0.05) is 26.0 Å². The van der Waals surface area contributed by atoms with Crippen LogP contribution in [0, 0.1) is 5.92 Å². The highest BCUT2D eigenvalue weighted by Crippen LogP contribution is 2.32. The largest absolute Gasteiger partial charge is 0.462 e. The Hall–Kier alpha value is -2.61. The van der Waals surface area contributed by atoms with Crippen LogP contribution in [0.25, 0.3) is 0 Å². The Morgan fingerprint density at radius 2 is 1.90 bits per heavy atom. The Bertz CT molecular complexity index is 790. The molecule has 158 valence electrons. The molecule has 1 atom stereocenters. The zero-order valence-corrected chi connectivity index (χ0v) is 18.5. The summed E-state index contributed by atoms with van der Waals surface area (Å²) in [5.74, 6) is -0.1000. The van der Waals surface area contributed by atoms with Crippen LogP contribution in [0.1, 0.15) is 46.2 Å². The van der Waals surface area contributed by atoms with Crippen molar-refractivity contribution in [3.63, 3.8) is 0 Å². The number of hydrogen-bond acceptors (Lipinski definition) is 4. The summed E-state index contributed by atoms with van der Waals surface area (Å²) in [5, 5.41) is 9.28. The minimum atomic E-state index is -0.413. The van der Waals surface area contributed by atoms with Gasteiger partial charge in [-0.2, -0.15) is 0 Å². The Kier molecular flexibility index (Phi) is 8.01. The molecule has 0 aromatic heterocycles. The first-order valence-electron chi connectivity index (χ1n) is 9.89. The van der Waals surface area contributed by atoms with Crippen molar-refractivity contribution in [1.82, 2.24) is 15.5 Å². The van der Waals surface area contributed by atoms with Crippen molar-refractivity contribution < 1.29 is 14.3 Å². The van der Waals surface area contributed by atoms with Gasteiger partial charge < -0.3 is 25.6 Å². The molecule has 1 aromatic rings. The maximum Gasteiger partial charge on any atom is 0.338 e.